The summed E-state index contributed by atoms with van der Waals surface area (Å²) in [7, 11) is 0. The van der Waals surface area contributed by atoms with Crippen molar-refractivity contribution in [3.05, 3.63) is 35.9 Å². The van der Waals surface area contributed by atoms with Crippen molar-refractivity contribution in [1.82, 2.24) is 10.4 Å². The topological polar surface area (TPSA) is 69.6 Å². The SMILES string of the molecule is CC1(c2ccccc2)CCN(CC(=O)NO)C1=O. The van der Waals surface area contributed by atoms with Crippen LogP contribution < -0.4 is 5.48 Å². The monoisotopic (exact) mass is 248 g/mol. The molecule has 0 saturated carbocycles. The van der Waals surface area contributed by atoms with Gasteiger partial charge in [-0.2, -0.15) is 0 Å². The summed E-state index contributed by atoms with van der Waals surface area (Å²) in [5.41, 5.74) is 1.93. The first-order chi connectivity index (χ1) is 8.58. The maximum atomic E-state index is 12.3. The van der Waals surface area contributed by atoms with Crippen molar-refractivity contribution < 1.29 is 14.8 Å². The van der Waals surface area contributed by atoms with E-state index in [1.54, 1.807) is 5.48 Å². The van der Waals surface area contributed by atoms with E-state index in [4.69, 9.17) is 5.21 Å². The summed E-state index contributed by atoms with van der Waals surface area (Å²) in [6, 6.07) is 9.55. The largest absolute Gasteiger partial charge is 0.332 e. The maximum absolute atomic E-state index is 12.3. The number of hydroxylamine groups is 1. The molecule has 1 aliphatic heterocycles. The van der Waals surface area contributed by atoms with Crippen LogP contribution in [0.4, 0.5) is 0 Å². The molecular formula is C13H16N2O3. The molecular weight excluding hydrogens is 232 g/mol. The van der Waals surface area contributed by atoms with E-state index < -0.39 is 11.3 Å². The lowest BCUT2D eigenvalue weighted by Crippen LogP contribution is -2.41. The zero-order valence-corrected chi connectivity index (χ0v) is 10.2. The lowest BCUT2D eigenvalue weighted by Gasteiger charge is -2.23. The van der Waals surface area contributed by atoms with Crippen molar-refractivity contribution in [2.45, 2.75) is 18.8 Å². The van der Waals surface area contributed by atoms with Crippen molar-refractivity contribution in [3.63, 3.8) is 0 Å². The van der Waals surface area contributed by atoms with Crippen LogP contribution in [0.5, 0.6) is 0 Å². The highest BCUT2D eigenvalue weighted by Crippen LogP contribution is 2.35. The number of carbonyl (C=O) groups is 2. The minimum atomic E-state index is -0.572. The van der Waals surface area contributed by atoms with Gasteiger partial charge < -0.3 is 4.90 Å². The van der Waals surface area contributed by atoms with Crippen LogP contribution in [0, 0.1) is 0 Å². The Labute approximate surface area is 105 Å². The molecule has 0 aromatic heterocycles. The third kappa shape index (κ3) is 2.09. The predicted molar refractivity (Wildman–Crippen MR) is 64.9 cm³/mol. The lowest BCUT2D eigenvalue weighted by atomic mass is 9.81. The molecule has 1 fully saturated rings. The average Bonchev–Trinajstić information content (AvgIpc) is 2.69. The van der Waals surface area contributed by atoms with E-state index in [0.717, 1.165) is 5.56 Å². The first kappa shape index (κ1) is 12.6. The Kier molecular flexibility index (Phi) is 3.34. The molecule has 0 bridgehead atoms. The van der Waals surface area contributed by atoms with E-state index in [2.05, 4.69) is 0 Å². The van der Waals surface area contributed by atoms with Gasteiger partial charge in [-0.15, -0.1) is 0 Å². The average molecular weight is 248 g/mol. The van der Waals surface area contributed by atoms with Crippen LogP contribution in [0.3, 0.4) is 0 Å². The minimum absolute atomic E-state index is 0.0719. The fraction of sp³-hybridized carbons (Fsp3) is 0.385. The van der Waals surface area contributed by atoms with Crippen LogP contribution in [-0.2, 0) is 15.0 Å². The minimum Gasteiger partial charge on any atom is -0.332 e. The van der Waals surface area contributed by atoms with E-state index >= 15 is 0 Å². The van der Waals surface area contributed by atoms with E-state index in [-0.39, 0.29) is 12.5 Å². The zero-order chi connectivity index (χ0) is 13.2. The number of carbonyl (C=O) groups excluding carboxylic acids is 2. The second-order valence-electron chi connectivity index (χ2n) is 4.71. The van der Waals surface area contributed by atoms with E-state index in [0.29, 0.717) is 13.0 Å². The summed E-state index contributed by atoms with van der Waals surface area (Å²) in [4.78, 5) is 24.9. The molecule has 5 heteroatoms. The normalized spacial score (nSPS) is 23.2. The number of hydrogen-bond acceptors (Lipinski definition) is 3. The van der Waals surface area contributed by atoms with E-state index in [9.17, 15) is 9.59 Å². The highest BCUT2D eigenvalue weighted by atomic mass is 16.5. The number of likely N-dealkylation sites (tertiary alicyclic amines) is 1. The Morgan fingerprint density at radius 3 is 2.72 bits per heavy atom. The molecule has 2 rings (SSSR count). The van der Waals surface area contributed by atoms with Gasteiger partial charge in [0.05, 0.1) is 5.41 Å². The molecule has 5 nitrogen and oxygen atoms in total. The third-order valence-electron chi connectivity index (χ3n) is 3.51. The third-order valence-corrected chi connectivity index (χ3v) is 3.51. The summed E-state index contributed by atoms with van der Waals surface area (Å²) >= 11 is 0. The summed E-state index contributed by atoms with van der Waals surface area (Å²) in [6.45, 7) is 2.32. The molecule has 18 heavy (non-hydrogen) atoms. The first-order valence-electron chi connectivity index (χ1n) is 5.86. The number of amides is 2. The Bertz CT molecular complexity index is 461. The Balaban J connectivity index is 2.18. The fourth-order valence-electron chi connectivity index (χ4n) is 2.35. The van der Waals surface area contributed by atoms with Gasteiger partial charge in [0.2, 0.25) is 5.91 Å². The van der Waals surface area contributed by atoms with Crippen molar-refractivity contribution in [3.8, 4) is 0 Å². The summed E-state index contributed by atoms with van der Waals surface area (Å²) in [5, 5.41) is 8.49. The molecule has 1 aromatic rings. The Morgan fingerprint density at radius 1 is 1.44 bits per heavy atom. The smallest absolute Gasteiger partial charge is 0.262 e. The van der Waals surface area contributed by atoms with Gasteiger partial charge in [0.15, 0.2) is 0 Å². The maximum Gasteiger partial charge on any atom is 0.262 e. The number of rotatable bonds is 3. The van der Waals surface area contributed by atoms with Crippen molar-refractivity contribution in [1.29, 1.82) is 0 Å². The summed E-state index contributed by atoms with van der Waals surface area (Å²) in [5.74, 6) is -0.641. The number of benzene rings is 1. The first-order valence-corrected chi connectivity index (χ1v) is 5.86. The summed E-state index contributed by atoms with van der Waals surface area (Å²) in [6.07, 6.45) is 0.675. The van der Waals surface area contributed by atoms with Crippen LogP contribution in [0.2, 0.25) is 0 Å². The standard InChI is InChI=1S/C13H16N2O3/c1-13(10-5-3-2-4-6-10)7-8-15(12(13)17)9-11(16)14-18/h2-6,18H,7-9H2,1H3,(H,14,16). The molecule has 0 spiro atoms. The Morgan fingerprint density at radius 2 is 2.11 bits per heavy atom. The van der Waals surface area contributed by atoms with Crippen LogP contribution in [0.25, 0.3) is 0 Å². The molecule has 1 saturated heterocycles. The van der Waals surface area contributed by atoms with Gasteiger partial charge >= 0.3 is 0 Å². The second-order valence-corrected chi connectivity index (χ2v) is 4.71. The molecule has 1 heterocycles. The van der Waals surface area contributed by atoms with Gasteiger partial charge in [0, 0.05) is 6.54 Å². The van der Waals surface area contributed by atoms with Gasteiger partial charge in [-0.1, -0.05) is 30.3 Å². The molecule has 2 N–H and O–H groups in total. The zero-order valence-electron chi connectivity index (χ0n) is 10.2. The molecule has 0 aliphatic carbocycles. The van der Waals surface area contributed by atoms with Gasteiger partial charge in [0.25, 0.3) is 5.91 Å². The van der Waals surface area contributed by atoms with Gasteiger partial charge in [-0.3, -0.25) is 14.8 Å². The van der Waals surface area contributed by atoms with Crippen LogP contribution in [0.15, 0.2) is 30.3 Å². The highest BCUT2D eigenvalue weighted by molar-refractivity contribution is 5.92. The predicted octanol–water partition coefficient (Wildman–Crippen LogP) is 0.682. The molecule has 1 aliphatic rings. The van der Waals surface area contributed by atoms with Crippen molar-refractivity contribution in [2.75, 3.05) is 13.1 Å². The Hall–Kier alpha value is -1.88. The molecule has 2 amide bonds. The number of nitrogens with one attached hydrogen (secondary N) is 1. The molecule has 1 atom stereocenters. The fourth-order valence-corrected chi connectivity index (χ4v) is 2.35. The van der Waals surface area contributed by atoms with E-state index in [1.165, 1.54) is 4.90 Å². The van der Waals surface area contributed by atoms with Crippen LogP contribution in [0.1, 0.15) is 18.9 Å². The van der Waals surface area contributed by atoms with Gasteiger partial charge in [-0.05, 0) is 18.9 Å². The molecule has 0 radical (unpaired) electrons. The number of hydrogen-bond donors (Lipinski definition) is 2. The van der Waals surface area contributed by atoms with Crippen molar-refractivity contribution >= 4 is 11.8 Å². The molecule has 1 aromatic carbocycles. The second kappa shape index (κ2) is 4.78. The quantitative estimate of drug-likeness (QED) is 0.610. The van der Waals surface area contributed by atoms with Gasteiger partial charge in [0.1, 0.15) is 6.54 Å². The lowest BCUT2D eigenvalue weighted by molar-refractivity contribution is -0.139. The van der Waals surface area contributed by atoms with Crippen LogP contribution >= 0.6 is 0 Å². The molecule has 1 unspecified atom stereocenters. The van der Waals surface area contributed by atoms with Crippen molar-refractivity contribution in [2.24, 2.45) is 0 Å². The van der Waals surface area contributed by atoms with Gasteiger partial charge in [-0.25, -0.2) is 5.48 Å². The highest BCUT2D eigenvalue weighted by Gasteiger charge is 2.44. The van der Waals surface area contributed by atoms with Crippen LogP contribution in [-0.4, -0.2) is 35.0 Å². The van der Waals surface area contributed by atoms with E-state index in [1.807, 2.05) is 37.3 Å². The number of nitrogens with zero attached hydrogens (tertiary/aromatic N) is 1. The summed E-state index contributed by atoms with van der Waals surface area (Å²) < 4.78 is 0. The molecule has 96 valence electrons.